The zero-order valence-electron chi connectivity index (χ0n) is 7.83. The summed E-state index contributed by atoms with van der Waals surface area (Å²) >= 11 is 0. The Labute approximate surface area is 70.0 Å². The van der Waals surface area contributed by atoms with Gasteiger partial charge in [0.05, 0.1) is 6.54 Å². The van der Waals surface area contributed by atoms with Crippen molar-refractivity contribution in [1.29, 1.82) is 0 Å². The lowest BCUT2D eigenvalue weighted by atomic mass is 10.5. The van der Waals surface area contributed by atoms with E-state index < -0.39 is 9.73 Å². The molecule has 3 nitrogen and oxygen atoms in total. The first-order valence-electron chi connectivity index (χ1n) is 3.77. The second-order valence-electron chi connectivity index (χ2n) is 2.93. The molecule has 0 unspecified atom stereocenters. The predicted octanol–water partition coefficient (Wildman–Crippen LogP) is 0.666. The first kappa shape index (κ1) is 10.9. The van der Waals surface area contributed by atoms with Crippen LogP contribution in [0.5, 0.6) is 0 Å². The molecule has 0 saturated carbocycles. The minimum absolute atomic E-state index is 0.677. The van der Waals surface area contributed by atoms with Crippen molar-refractivity contribution in [3.63, 3.8) is 0 Å². The molecule has 11 heavy (non-hydrogen) atoms. The Morgan fingerprint density at radius 2 is 2.00 bits per heavy atom. The Hall–Kier alpha value is -0.0900. The molecule has 0 heterocycles. The second-order valence-corrected chi connectivity index (χ2v) is 5.55. The standard InChI is InChI=1S/C7H18N2OS/c1-5-9(2)7-6-8-11(3,4)10/h5-7H2,1-4H3. The van der Waals surface area contributed by atoms with Crippen molar-refractivity contribution >= 4 is 9.73 Å². The average molecular weight is 178 g/mol. The van der Waals surface area contributed by atoms with Crippen LogP contribution in [-0.2, 0) is 9.73 Å². The summed E-state index contributed by atoms with van der Waals surface area (Å²) < 4.78 is 15.1. The number of nitrogens with zero attached hydrogens (tertiary/aromatic N) is 2. The molecule has 0 aromatic rings. The Balaban J connectivity index is 3.66. The van der Waals surface area contributed by atoms with Gasteiger partial charge in [-0.05, 0) is 13.6 Å². The molecule has 0 fully saturated rings. The number of hydrogen-bond donors (Lipinski definition) is 0. The van der Waals surface area contributed by atoms with E-state index >= 15 is 0 Å². The molecule has 0 N–H and O–H groups in total. The van der Waals surface area contributed by atoms with Gasteiger partial charge in [-0.2, -0.15) is 0 Å². The van der Waals surface area contributed by atoms with E-state index in [1.165, 1.54) is 0 Å². The van der Waals surface area contributed by atoms with Gasteiger partial charge in [-0.15, -0.1) is 0 Å². The van der Waals surface area contributed by atoms with Crippen LogP contribution in [-0.4, -0.2) is 48.3 Å². The van der Waals surface area contributed by atoms with Gasteiger partial charge >= 0.3 is 0 Å². The lowest BCUT2D eigenvalue weighted by Crippen LogP contribution is -2.21. The topological polar surface area (TPSA) is 32.7 Å². The molecule has 0 atom stereocenters. The molecular formula is C7H18N2OS. The highest BCUT2D eigenvalue weighted by Gasteiger charge is 1.93. The van der Waals surface area contributed by atoms with Crippen LogP contribution in [0.2, 0.25) is 0 Å². The highest BCUT2D eigenvalue weighted by molar-refractivity contribution is 7.92. The van der Waals surface area contributed by atoms with E-state index in [4.69, 9.17) is 0 Å². The van der Waals surface area contributed by atoms with Crippen molar-refractivity contribution in [1.82, 2.24) is 4.90 Å². The summed E-state index contributed by atoms with van der Waals surface area (Å²) in [7, 11) is 0.151. The summed E-state index contributed by atoms with van der Waals surface area (Å²) in [5.41, 5.74) is 0. The van der Waals surface area contributed by atoms with Crippen molar-refractivity contribution in [2.75, 3.05) is 39.2 Å². The molecule has 0 amide bonds. The zero-order valence-corrected chi connectivity index (χ0v) is 8.65. The van der Waals surface area contributed by atoms with E-state index in [0.29, 0.717) is 6.54 Å². The fourth-order valence-electron chi connectivity index (χ4n) is 0.589. The first-order valence-corrected chi connectivity index (χ1v) is 6.10. The molecule has 0 aliphatic carbocycles. The quantitative estimate of drug-likeness (QED) is 0.633. The van der Waals surface area contributed by atoms with Gasteiger partial charge in [0.2, 0.25) is 0 Å². The molecule has 0 aliphatic heterocycles. The minimum atomic E-state index is -1.88. The summed E-state index contributed by atoms with van der Waals surface area (Å²) in [4.78, 5) is 2.15. The average Bonchev–Trinajstić information content (AvgIpc) is 1.85. The van der Waals surface area contributed by atoms with Crippen LogP contribution in [0.15, 0.2) is 4.36 Å². The van der Waals surface area contributed by atoms with Gasteiger partial charge in [-0.25, -0.2) is 4.36 Å². The second kappa shape index (κ2) is 4.72. The van der Waals surface area contributed by atoms with Gasteiger partial charge in [0.25, 0.3) is 0 Å². The number of rotatable bonds is 4. The van der Waals surface area contributed by atoms with E-state index in [2.05, 4.69) is 16.2 Å². The van der Waals surface area contributed by atoms with Crippen molar-refractivity contribution in [2.45, 2.75) is 6.92 Å². The Morgan fingerprint density at radius 1 is 1.45 bits per heavy atom. The Morgan fingerprint density at radius 3 is 2.36 bits per heavy atom. The number of likely N-dealkylation sites (N-methyl/N-ethyl adjacent to an activating group) is 1. The molecule has 0 spiro atoms. The van der Waals surface area contributed by atoms with Gasteiger partial charge in [-0.3, -0.25) is 4.21 Å². The summed E-state index contributed by atoms with van der Waals surface area (Å²) in [5.74, 6) is 0. The summed E-state index contributed by atoms with van der Waals surface area (Å²) in [6, 6.07) is 0. The van der Waals surface area contributed by atoms with Gasteiger partial charge in [-0.1, -0.05) is 6.92 Å². The van der Waals surface area contributed by atoms with E-state index in [1.807, 2.05) is 7.05 Å². The lowest BCUT2D eigenvalue weighted by molar-refractivity contribution is 0.364. The predicted molar refractivity (Wildman–Crippen MR) is 50.5 cm³/mol. The highest BCUT2D eigenvalue weighted by Crippen LogP contribution is 1.86. The van der Waals surface area contributed by atoms with E-state index in [-0.39, 0.29) is 0 Å². The SMILES string of the molecule is CCN(C)CCN=S(C)(C)=O. The molecule has 0 rings (SSSR count). The molecule has 0 aliphatic rings. The molecule has 0 bridgehead atoms. The summed E-state index contributed by atoms with van der Waals surface area (Å²) in [5, 5.41) is 0. The lowest BCUT2D eigenvalue weighted by Gasteiger charge is -2.11. The molecule has 0 radical (unpaired) electrons. The molecule has 0 aromatic carbocycles. The van der Waals surface area contributed by atoms with Gasteiger partial charge in [0.15, 0.2) is 0 Å². The van der Waals surface area contributed by atoms with E-state index in [0.717, 1.165) is 13.1 Å². The van der Waals surface area contributed by atoms with Crippen LogP contribution in [0.3, 0.4) is 0 Å². The van der Waals surface area contributed by atoms with Crippen LogP contribution < -0.4 is 0 Å². The molecule has 4 heteroatoms. The maximum atomic E-state index is 11.1. The third-order valence-electron chi connectivity index (χ3n) is 1.42. The molecule has 68 valence electrons. The van der Waals surface area contributed by atoms with Gasteiger partial charge in [0, 0.05) is 28.8 Å². The van der Waals surface area contributed by atoms with Crippen molar-refractivity contribution < 1.29 is 4.21 Å². The van der Waals surface area contributed by atoms with Crippen LogP contribution in [0.4, 0.5) is 0 Å². The third kappa shape index (κ3) is 7.81. The summed E-state index contributed by atoms with van der Waals surface area (Å²) in [6.07, 6.45) is 3.33. The maximum Gasteiger partial charge on any atom is 0.0611 e. The largest absolute Gasteiger partial charge is 0.305 e. The van der Waals surface area contributed by atoms with Crippen LogP contribution in [0.25, 0.3) is 0 Å². The normalized spacial score (nSPS) is 12.1. The minimum Gasteiger partial charge on any atom is -0.305 e. The monoisotopic (exact) mass is 178 g/mol. The summed E-state index contributed by atoms with van der Waals surface area (Å²) in [6.45, 7) is 4.69. The van der Waals surface area contributed by atoms with Crippen LogP contribution >= 0.6 is 0 Å². The van der Waals surface area contributed by atoms with Crippen LogP contribution in [0, 0.1) is 0 Å². The van der Waals surface area contributed by atoms with Gasteiger partial charge in [0.1, 0.15) is 0 Å². The fourth-order valence-corrected chi connectivity index (χ4v) is 1.11. The van der Waals surface area contributed by atoms with Gasteiger partial charge < -0.3 is 4.90 Å². The van der Waals surface area contributed by atoms with Crippen molar-refractivity contribution in [2.24, 2.45) is 4.36 Å². The third-order valence-corrected chi connectivity index (χ3v) is 2.23. The Bertz CT molecular complexity index is 198. The zero-order chi connectivity index (χ0) is 8.91. The Kier molecular flexibility index (Phi) is 4.68. The first-order chi connectivity index (χ1) is 4.95. The highest BCUT2D eigenvalue weighted by atomic mass is 32.2. The number of hydrogen-bond acceptors (Lipinski definition) is 3. The van der Waals surface area contributed by atoms with Crippen molar-refractivity contribution in [3.8, 4) is 0 Å². The van der Waals surface area contributed by atoms with Crippen molar-refractivity contribution in [3.05, 3.63) is 0 Å². The van der Waals surface area contributed by atoms with Crippen LogP contribution in [0.1, 0.15) is 6.92 Å². The van der Waals surface area contributed by atoms with E-state index in [9.17, 15) is 4.21 Å². The molecular weight excluding hydrogens is 160 g/mol. The van der Waals surface area contributed by atoms with E-state index in [1.54, 1.807) is 12.5 Å². The molecule has 0 saturated heterocycles. The molecule has 0 aromatic heterocycles. The smallest absolute Gasteiger partial charge is 0.0611 e. The maximum absolute atomic E-state index is 11.1. The fraction of sp³-hybridized carbons (Fsp3) is 1.00.